The third-order valence-corrected chi connectivity index (χ3v) is 5.99. The zero-order chi connectivity index (χ0) is 17.7. The van der Waals surface area contributed by atoms with Gasteiger partial charge in [-0.25, -0.2) is 0 Å². The van der Waals surface area contributed by atoms with E-state index in [0.717, 1.165) is 50.4 Å². The minimum absolute atomic E-state index is 0.00995. The van der Waals surface area contributed by atoms with Gasteiger partial charge >= 0.3 is 0 Å². The third kappa shape index (κ3) is 4.93. The lowest BCUT2D eigenvalue weighted by Gasteiger charge is -2.50. The van der Waals surface area contributed by atoms with Crippen LogP contribution in [0.2, 0.25) is 0 Å². The average molecular weight is 363 g/mol. The standard InChI is InChI=1S/C20H30N2O2S/c1-16(2)14-22-11-12-24-20(15-22)10-4-3-7-18(20)21-19(23)9-8-17-6-5-13-25-17/h5-6,8-9,13,16,18H,3-4,7,10-12,14-15H2,1-2H3,(H,21,23)/b9-8+/t18-,20-/m0/s1. The van der Waals surface area contributed by atoms with Crippen LogP contribution in [0.3, 0.4) is 0 Å². The molecular formula is C20H30N2O2S. The number of carbonyl (C=O) groups excluding carboxylic acids is 1. The maximum Gasteiger partial charge on any atom is 0.244 e. The molecule has 0 aromatic carbocycles. The van der Waals surface area contributed by atoms with Gasteiger partial charge in [0, 0.05) is 30.6 Å². The molecule has 3 rings (SSSR count). The van der Waals surface area contributed by atoms with Crippen molar-refractivity contribution in [2.45, 2.75) is 51.2 Å². The molecule has 1 saturated heterocycles. The Labute approximate surface area is 155 Å². The smallest absolute Gasteiger partial charge is 0.244 e. The van der Waals surface area contributed by atoms with Crippen LogP contribution in [0.15, 0.2) is 23.6 Å². The van der Waals surface area contributed by atoms with E-state index in [0.29, 0.717) is 5.92 Å². The Balaban J connectivity index is 1.64. The first kappa shape index (κ1) is 18.6. The summed E-state index contributed by atoms with van der Waals surface area (Å²) in [6.07, 6.45) is 7.95. The van der Waals surface area contributed by atoms with Gasteiger partial charge < -0.3 is 10.1 Å². The van der Waals surface area contributed by atoms with Crippen LogP contribution in [0, 0.1) is 5.92 Å². The topological polar surface area (TPSA) is 41.6 Å². The first-order valence-corrected chi connectivity index (χ1v) is 10.3. The molecule has 0 radical (unpaired) electrons. The molecule has 0 bridgehead atoms. The second-order valence-electron chi connectivity index (χ2n) is 7.70. The van der Waals surface area contributed by atoms with Crippen LogP contribution in [0.5, 0.6) is 0 Å². The van der Waals surface area contributed by atoms with Crippen LogP contribution in [-0.2, 0) is 9.53 Å². The van der Waals surface area contributed by atoms with Gasteiger partial charge in [0.1, 0.15) is 5.60 Å². The number of morpholine rings is 1. The first-order chi connectivity index (χ1) is 12.1. The van der Waals surface area contributed by atoms with Gasteiger partial charge in [0.15, 0.2) is 0 Å². The molecule has 1 spiro atoms. The predicted octanol–water partition coefficient (Wildman–Crippen LogP) is 3.55. The van der Waals surface area contributed by atoms with Crippen molar-refractivity contribution in [3.63, 3.8) is 0 Å². The fourth-order valence-electron chi connectivity index (χ4n) is 4.09. The van der Waals surface area contributed by atoms with E-state index < -0.39 is 0 Å². The number of rotatable bonds is 5. The number of amides is 1. The lowest BCUT2D eigenvalue weighted by Crippen LogP contribution is -2.64. The summed E-state index contributed by atoms with van der Waals surface area (Å²) in [5.74, 6) is 0.643. The van der Waals surface area contributed by atoms with Gasteiger partial charge in [-0.1, -0.05) is 32.8 Å². The van der Waals surface area contributed by atoms with E-state index in [-0.39, 0.29) is 17.6 Å². The molecule has 1 aromatic rings. The van der Waals surface area contributed by atoms with Gasteiger partial charge in [0.25, 0.3) is 0 Å². The Morgan fingerprint density at radius 2 is 2.40 bits per heavy atom. The summed E-state index contributed by atoms with van der Waals surface area (Å²) in [7, 11) is 0. The van der Waals surface area contributed by atoms with E-state index in [1.807, 2.05) is 23.6 Å². The van der Waals surface area contributed by atoms with Crippen LogP contribution in [0.4, 0.5) is 0 Å². The van der Waals surface area contributed by atoms with Gasteiger partial charge in [-0.3, -0.25) is 9.69 Å². The molecule has 1 aliphatic heterocycles. The molecule has 1 N–H and O–H groups in total. The van der Waals surface area contributed by atoms with Crippen molar-refractivity contribution in [1.82, 2.24) is 10.2 Å². The highest BCUT2D eigenvalue weighted by atomic mass is 32.1. The number of nitrogens with one attached hydrogen (secondary N) is 1. The molecule has 2 aliphatic rings. The maximum atomic E-state index is 12.4. The van der Waals surface area contributed by atoms with Gasteiger partial charge in [0.2, 0.25) is 5.91 Å². The summed E-state index contributed by atoms with van der Waals surface area (Å²) in [5.41, 5.74) is -0.210. The first-order valence-electron chi connectivity index (χ1n) is 9.46. The minimum atomic E-state index is -0.210. The van der Waals surface area contributed by atoms with Crippen molar-refractivity contribution >= 4 is 23.3 Å². The monoisotopic (exact) mass is 362 g/mol. The van der Waals surface area contributed by atoms with Crippen LogP contribution in [-0.4, -0.2) is 48.7 Å². The number of thiophene rings is 1. The lowest BCUT2D eigenvalue weighted by molar-refractivity contribution is -0.149. The van der Waals surface area contributed by atoms with E-state index in [4.69, 9.17) is 4.74 Å². The predicted molar refractivity (Wildman–Crippen MR) is 104 cm³/mol. The number of ether oxygens (including phenoxy) is 1. The van der Waals surface area contributed by atoms with E-state index in [1.54, 1.807) is 17.4 Å². The summed E-state index contributed by atoms with van der Waals surface area (Å²) in [6.45, 7) is 8.33. The Morgan fingerprint density at radius 3 is 3.16 bits per heavy atom. The van der Waals surface area contributed by atoms with Crippen LogP contribution in [0.1, 0.15) is 44.4 Å². The normalized spacial score (nSPS) is 28.0. The van der Waals surface area contributed by atoms with E-state index in [1.165, 1.54) is 6.42 Å². The Bertz CT molecular complexity index is 581. The van der Waals surface area contributed by atoms with Crippen molar-refractivity contribution in [3.8, 4) is 0 Å². The summed E-state index contributed by atoms with van der Waals surface area (Å²) in [5, 5.41) is 5.26. The number of nitrogens with zero attached hydrogens (tertiary/aromatic N) is 1. The van der Waals surface area contributed by atoms with Crippen molar-refractivity contribution in [2.24, 2.45) is 5.92 Å². The average Bonchev–Trinajstić information content (AvgIpc) is 3.08. The van der Waals surface area contributed by atoms with Gasteiger partial charge in [0.05, 0.1) is 12.6 Å². The van der Waals surface area contributed by atoms with E-state index in [9.17, 15) is 4.79 Å². The Kier molecular flexibility index (Phi) is 6.31. The molecule has 2 heterocycles. The van der Waals surface area contributed by atoms with E-state index >= 15 is 0 Å². The zero-order valence-electron chi connectivity index (χ0n) is 15.4. The summed E-state index contributed by atoms with van der Waals surface area (Å²) >= 11 is 1.64. The van der Waals surface area contributed by atoms with E-state index in [2.05, 4.69) is 24.1 Å². The molecule has 1 amide bonds. The van der Waals surface area contributed by atoms with Gasteiger partial charge in [-0.15, -0.1) is 11.3 Å². The molecular weight excluding hydrogens is 332 g/mol. The van der Waals surface area contributed by atoms with Crippen molar-refractivity contribution in [3.05, 3.63) is 28.5 Å². The summed E-state index contributed by atoms with van der Waals surface area (Å²) < 4.78 is 6.30. The zero-order valence-corrected chi connectivity index (χ0v) is 16.2. The second kappa shape index (κ2) is 8.47. The van der Waals surface area contributed by atoms with Crippen LogP contribution >= 0.6 is 11.3 Å². The number of hydrogen-bond acceptors (Lipinski definition) is 4. The number of carbonyl (C=O) groups is 1. The molecule has 1 aromatic heterocycles. The largest absolute Gasteiger partial charge is 0.370 e. The highest BCUT2D eigenvalue weighted by Crippen LogP contribution is 2.35. The molecule has 1 saturated carbocycles. The van der Waals surface area contributed by atoms with Crippen molar-refractivity contribution in [2.75, 3.05) is 26.2 Å². The highest BCUT2D eigenvalue weighted by molar-refractivity contribution is 7.10. The highest BCUT2D eigenvalue weighted by Gasteiger charge is 2.45. The van der Waals surface area contributed by atoms with Gasteiger partial charge in [-0.05, 0) is 36.3 Å². The Morgan fingerprint density at radius 1 is 1.52 bits per heavy atom. The van der Waals surface area contributed by atoms with Crippen LogP contribution < -0.4 is 5.32 Å². The molecule has 4 nitrogen and oxygen atoms in total. The second-order valence-corrected chi connectivity index (χ2v) is 8.68. The third-order valence-electron chi connectivity index (χ3n) is 5.15. The Hall–Kier alpha value is -1.17. The molecule has 0 unspecified atom stereocenters. The van der Waals surface area contributed by atoms with Crippen molar-refractivity contribution in [1.29, 1.82) is 0 Å². The fraction of sp³-hybridized carbons (Fsp3) is 0.650. The minimum Gasteiger partial charge on any atom is -0.370 e. The van der Waals surface area contributed by atoms with Crippen LogP contribution in [0.25, 0.3) is 6.08 Å². The summed E-state index contributed by atoms with van der Waals surface area (Å²) in [6, 6.07) is 4.12. The molecule has 1 aliphatic carbocycles. The molecule has 5 heteroatoms. The fourth-order valence-corrected chi connectivity index (χ4v) is 4.71. The molecule has 2 atom stereocenters. The maximum absolute atomic E-state index is 12.4. The number of hydrogen-bond donors (Lipinski definition) is 1. The molecule has 138 valence electrons. The van der Waals surface area contributed by atoms with Gasteiger partial charge in [-0.2, -0.15) is 0 Å². The SMILES string of the molecule is CC(C)CN1CCO[C@@]2(CCCC[C@@H]2NC(=O)/C=C/c2cccs2)C1. The molecule has 25 heavy (non-hydrogen) atoms. The summed E-state index contributed by atoms with van der Waals surface area (Å²) in [4.78, 5) is 16.0. The quantitative estimate of drug-likeness (QED) is 0.815. The lowest BCUT2D eigenvalue weighted by atomic mass is 9.78. The van der Waals surface area contributed by atoms with Crippen molar-refractivity contribution < 1.29 is 9.53 Å². The molecule has 2 fully saturated rings.